The molecule has 0 saturated heterocycles. The summed E-state index contributed by atoms with van der Waals surface area (Å²) in [5.74, 6) is -1.03. The molecular formula is C16H23NO4. The molecule has 0 bridgehead atoms. The third-order valence-corrected chi connectivity index (χ3v) is 2.84. The third-order valence-electron chi connectivity index (χ3n) is 2.84. The molecule has 116 valence electrons. The number of carboxylic acids is 1. The summed E-state index contributed by atoms with van der Waals surface area (Å²) < 4.78 is 5.26. The second-order valence-electron chi connectivity index (χ2n) is 6.07. The Morgan fingerprint density at radius 1 is 1.24 bits per heavy atom. The summed E-state index contributed by atoms with van der Waals surface area (Å²) >= 11 is 0. The smallest absolute Gasteiger partial charge is 0.410 e. The number of carbonyl (C=O) groups is 2. The van der Waals surface area contributed by atoms with E-state index in [4.69, 9.17) is 9.84 Å². The van der Waals surface area contributed by atoms with Gasteiger partial charge in [0.15, 0.2) is 0 Å². The van der Waals surface area contributed by atoms with Crippen LogP contribution in [0.2, 0.25) is 0 Å². The van der Waals surface area contributed by atoms with Crippen LogP contribution in [0.15, 0.2) is 30.3 Å². The van der Waals surface area contributed by atoms with Crippen LogP contribution in [0.1, 0.15) is 39.2 Å². The zero-order chi connectivity index (χ0) is 16.0. The Kier molecular flexibility index (Phi) is 5.76. The Morgan fingerprint density at radius 2 is 1.81 bits per heavy atom. The lowest BCUT2D eigenvalue weighted by molar-refractivity contribution is -0.138. The first-order valence-electron chi connectivity index (χ1n) is 6.93. The van der Waals surface area contributed by atoms with Gasteiger partial charge in [-0.25, -0.2) is 4.79 Å². The third kappa shape index (κ3) is 6.29. The van der Waals surface area contributed by atoms with Gasteiger partial charge in [0.05, 0.1) is 0 Å². The molecule has 0 heterocycles. The van der Waals surface area contributed by atoms with Crippen molar-refractivity contribution in [3.05, 3.63) is 35.9 Å². The molecule has 0 aromatic heterocycles. The van der Waals surface area contributed by atoms with Crippen LogP contribution in [0.4, 0.5) is 4.79 Å². The number of hydrogen-bond acceptors (Lipinski definition) is 3. The molecule has 1 amide bonds. The highest BCUT2D eigenvalue weighted by Gasteiger charge is 2.25. The molecule has 0 fully saturated rings. The fourth-order valence-corrected chi connectivity index (χ4v) is 1.91. The molecule has 0 radical (unpaired) electrons. The number of carbonyl (C=O) groups excluding carboxylic acids is 1. The van der Waals surface area contributed by atoms with Crippen molar-refractivity contribution in [2.45, 2.75) is 39.2 Å². The normalized spacial score (nSPS) is 12.6. The van der Waals surface area contributed by atoms with Crippen molar-refractivity contribution in [2.24, 2.45) is 0 Å². The van der Waals surface area contributed by atoms with Crippen molar-refractivity contribution in [2.75, 3.05) is 13.1 Å². The quantitative estimate of drug-likeness (QED) is 0.905. The minimum absolute atomic E-state index is 0.0260. The predicted molar refractivity (Wildman–Crippen MR) is 80.3 cm³/mol. The fourth-order valence-electron chi connectivity index (χ4n) is 1.91. The first-order valence-corrected chi connectivity index (χ1v) is 6.93. The van der Waals surface area contributed by atoms with Gasteiger partial charge in [-0.15, -0.1) is 0 Å². The molecule has 5 heteroatoms. The van der Waals surface area contributed by atoms with Gasteiger partial charge < -0.3 is 9.84 Å². The van der Waals surface area contributed by atoms with E-state index in [1.54, 1.807) is 20.8 Å². The Hall–Kier alpha value is -2.04. The lowest BCUT2D eigenvalue weighted by atomic mass is 10.0. The van der Waals surface area contributed by atoms with Crippen LogP contribution in [-0.4, -0.2) is 40.8 Å². The summed E-state index contributed by atoms with van der Waals surface area (Å²) in [5.41, 5.74) is 0.403. The molecule has 1 rings (SSSR count). The van der Waals surface area contributed by atoms with Gasteiger partial charge in [0.2, 0.25) is 0 Å². The molecule has 1 N–H and O–H groups in total. The highest BCUT2D eigenvalue weighted by Crippen LogP contribution is 2.18. The van der Waals surface area contributed by atoms with Crippen molar-refractivity contribution in [3.63, 3.8) is 0 Å². The standard InChI is InChI=1S/C16H23NO4/c1-12(13-8-6-5-7-9-13)10-17(11-14(18)19)15(20)21-16(2,3)4/h5-9,12H,10-11H2,1-4H3,(H,18,19). The van der Waals surface area contributed by atoms with E-state index in [-0.39, 0.29) is 12.5 Å². The Bertz CT molecular complexity index is 479. The molecule has 0 spiro atoms. The molecule has 0 saturated carbocycles. The minimum Gasteiger partial charge on any atom is -0.480 e. The van der Waals surface area contributed by atoms with Crippen molar-refractivity contribution < 1.29 is 19.4 Å². The van der Waals surface area contributed by atoms with Gasteiger partial charge in [0.25, 0.3) is 0 Å². The van der Waals surface area contributed by atoms with Crippen molar-refractivity contribution >= 4 is 12.1 Å². The molecule has 0 aliphatic carbocycles. The van der Waals surface area contributed by atoms with Gasteiger partial charge in [-0.2, -0.15) is 0 Å². The first kappa shape index (κ1) is 17.0. The van der Waals surface area contributed by atoms with Gasteiger partial charge in [-0.05, 0) is 32.3 Å². The van der Waals surface area contributed by atoms with Gasteiger partial charge >= 0.3 is 12.1 Å². The molecule has 0 aliphatic heterocycles. The fraction of sp³-hybridized carbons (Fsp3) is 0.500. The van der Waals surface area contributed by atoms with E-state index in [9.17, 15) is 9.59 Å². The molecule has 1 aromatic rings. The maximum atomic E-state index is 12.1. The van der Waals surface area contributed by atoms with E-state index < -0.39 is 17.7 Å². The molecule has 21 heavy (non-hydrogen) atoms. The van der Waals surface area contributed by atoms with E-state index in [2.05, 4.69) is 0 Å². The highest BCUT2D eigenvalue weighted by molar-refractivity contribution is 5.77. The van der Waals surface area contributed by atoms with Crippen molar-refractivity contribution in [3.8, 4) is 0 Å². The Labute approximate surface area is 125 Å². The van der Waals surface area contributed by atoms with E-state index in [0.717, 1.165) is 5.56 Å². The lowest BCUT2D eigenvalue weighted by Gasteiger charge is -2.28. The largest absolute Gasteiger partial charge is 0.480 e. The summed E-state index contributed by atoms with van der Waals surface area (Å²) in [6.45, 7) is 7.14. The number of carboxylic acid groups (broad SMARTS) is 1. The van der Waals surface area contributed by atoms with Crippen LogP contribution in [0.5, 0.6) is 0 Å². The second kappa shape index (κ2) is 7.11. The van der Waals surface area contributed by atoms with Crippen molar-refractivity contribution in [1.82, 2.24) is 4.90 Å². The van der Waals surface area contributed by atoms with Crippen LogP contribution >= 0.6 is 0 Å². The number of benzene rings is 1. The molecule has 1 aromatic carbocycles. The van der Waals surface area contributed by atoms with E-state index in [0.29, 0.717) is 6.54 Å². The second-order valence-corrected chi connectivity index (χ2v) is 6.07. The van der Waals surface area contributed by atoms with Crippen LogP contribution in [0, 0.1) is 0 Å². The zero-order valence-electron chi connectivity index (χ0n) is 13.0. The van der Waals surface area contributed by atoms with Crippen molar-refractivity contribution in [1.29, 1.82) is 0 Å². The highest BCUT2D eigenvalue weighted by atomic mass is 16.6. The van der Waals surface area contributed by atoms with Crippen LogP contribution < -0.4 is 0 Å². The lowest BCUT2D eigenvalue weighted by Crippen LogP contribution is -2.41. The Balaban J connectivity index is 2.78. The molecule has 5 nitrogen and oxygen atoms in total. The first-order chi connectivity index (χ1) is 9.69. The maximum Gasteiger partial charge on any atom is 0.410 e. The summed E-state index contributed by atoms with van der Waals surface area (Å²) in [6, 6.07) is 9.66. The van der Waals surface area contributed by atoms with Gasteiger partial charge in [0.1, 0.15) is 12.1 Å². The van der Waals surface area contributed by atoms with E-state index in [1.807, 2.05) is 37.3 Å². The molecule has 1 unspecified atom stereocenters. The van der Waals surface area contributed by atoms with Gasteiger partial charge in [-0.3, -0.25) is 9.69 Å². The number of ether oxygens (including phenoxy) is 1. The number of aliphatic carboxylic acids is 1. The monoisotopic (exact) mass is 293 g/mol. The SMILES string of the molecule is CC(CN(CC(=O)O)C(=O)OC(C)(C)C)c1ccccc1. The summed E-state index contributed by atoms with van der Waals surface area (Å²) in [5, 5.41) is 8.97. The Morgan fingerprint density at radius 3 is 2.29 bits per heavy atom. The summed E-state index contributed by atoms with van der Waals surface area (Å²) in [6.07, 6.45) is -0.604. The van der Waals surface area contributed by atoms with E-state index >= 15 is 0 Å². The predicted octanol–water partition coefficient (Wildman–Crippen LogP) is 3.11. The average Bonchev–Trinajstić information content (AvgIpc) is 2.36. The average molecular weight is 293 g/mol. The summed E-state index contributed by atoms with van der Waals surface area (Å²) in [4.78, 5) is 24.3. The van der Waals surface area contributed by atoms with Crippen LogP contribution in [-0.2, 0) is 9.53 Å². The van der Waals surface area contributed by atoms with Crippen LogP contribution in [0.25, 0.3) is 0 Å². The van der Waals surface area contributed by atoms with Gasteiger partial charge in [0, 0.05) is 6.54 Å². The number of rotatable bonds is 5. The van der Waals surface area contributed by atoms with Gasteiger partial charge in [-0.1, -0.05) is 37.3 Å². The number of amides is 1. The van der Waals surface area contributed by atoms with Crippen LogP contribution in [0.3, 0.4) is 0 Å². The summed E-state index contributed by atoms with van der Waals surface area (Å²) in [7, 11) is 0. The molecule has 0 aliphatic rings. The van der Waals surface area contributed by atoms with E-state index in [1.165, 1.54) is 4.90 Å². The number of nitrogens with zero attached hydrogens (tertiary/aromatic N) is 1. The molecule has 1 atom stereocenters. The number of hydrogen-bond donors (Lipinski definition) is 1. The minimum atomic E-state index is -1.05. The maximum absolute atomic E-state index is 12.1. The zero-order valence-corrected chi connectivity index (χ0v) is 13.0. The molecular weight excluding hydrogens is 270 g/mol. The topological polar surface area (TPSA) is 66.8 Å².